The van der Waals surface area contributed by atoms with E-state index in [4.69, 9.17) is 0 Å². The van der Waals surface area contributed by atoms with Crippen molar-refractivity contribution < 1.29 is 0 Å². The molecule has 3 rings (SSSR count). The first-order valence-corrected chi connectivity index (χ1v) is 6.96. The summed E-state index contributed by atoms with van der Waals surface area (Å²) in [5.41, 5.74) is 3.20. The largest absolute Gasteiger partial charge is 0.313 e. The Morgan fingerprint density at radius 2 is 2.24 bits per heavy atom. The summed E-state index contributed by atoms with van der Waals surface area (Å²) in [7, 11) is 2.08. The summed E-state index contributed by atoms with van der Waals surface area (Å²) in [6.45, 7) is 3.39. The lowest BCUT2D eigenvalue weighted by molar-refractivity contribution is 0.440. The molecule has 2 fully saturated rings. The van der Waals surface area contributed by atoms with E-state index in [1.807, 2.05) is 0 Å². The van der Waals surface area contributed by atoms with Crippen LogP contribution in [-0.4, -0.2) is 22.4 Å². The Bertz CT molecular complexity index is 400. The van der Waals surface area contributed by atoms with E-state index >= 15 is 0 Å². The number of nitrogens with zero attached hydrogens (tertiary/aromatic N) is 2. The van der Waals surface area contributed by atoms with Crippen LogP contribution in [0.5, 0.6) is 0 Å². The van der Waals surface area contributed by atoms with Crippen LogP contribution in [0, 0.1) is 5.41 Å². The molecule has 3 nitrogen and oxygen atoms in total. The maximum atomic E-state index is 4.54. The molecule has 0 bridgehead atoms. The van der Waals surface area contributed by atoms with Gasteiger partial charge in [-0.2, -0.15) is 5.10 Å². The topological polar surface area (TPSA) is 29.9 Å². The molecule has 2 aliphatic rings. The summed E-state index contributed by atoms with van der Waals surface area (Å²) in [5.74, 6) is 0. The molecule has 1 N–H and O–H groups in total. The summed E-state index contributed by atoms with van der Waals surface area (Å²) in [6.07, 6.45) is 7.81. The van der Waals surface area contributed by atoms with Gasteiger partial charge in [-0.25, -0.2) is 0 Å². The van der Waals surface area contributed by atoms with Crippen molar-refractivity contribution in [2.24, 2.45) is 12.5 Å². The van der Waals surface area contributed by atoms with Crippen molar-refractivity contribution in [2.45, 2.75) is 51.5 Å². The second kappa shape index (κ2) is 4.13. The van der Waals surface area contributed by atoms with Gasteiger partial charge in [-0.05, 0) is 50.0 Å². The van der Waals surface area contributed by atoms with Gasteiger partial charge in [0.15, 0.2) is 0 Å². The van der Waals surface area contributed by atoms with E-state index in [0.717, 1.165) is 12.5 Å². The van der Waals surface area contributed by atoms with Crippen LogP contribution in [0.4, 0.5) is 0 Å². The Morgan fingerprint density at radius 3 is 2.76 bits per heavy atom. The monoisotopic (exact) mass is 233 g/mol. The van der Waals surface area contributed by atoms with Crippen LogP contribution in [-0.2, 0) is 19.9 Å². The van der Waals surface area contributed by atoms with E-state index < -0.39 is 0 Å². The first kappa shape index (κ1) is 11.3. The second-order valence-corrected chi connectivity index (χ2v) is 5.94. The number of hydrogen-bond acceptors (Lipinski definition) is 2. The highest BCUT2D eigenvalue weighted by atomic mass is 15.3. The maximum Gasteiger partial charge on any atom is 0.0624 e. The van der Waals surface area contributed by atoms with E-state index in [0.29, 0.717) is 5.41 Å². The third-order valence-corrected chi connectivity index (χ3v) is 4.25. The molecule has 1 aromatic rings. The zero-order chi connectivity index (χ0) is 11.9. The lowest BCUT2D eigenvalue weighted by Gasteiger charge is -2.15. The molecule has 17 heavy (non-hydrogen) atoms. The van der Waals surface area contributed by atoms with Gasteiger partial charge in [-0.15, -0.1) is 0 Å². The van der Waals surface area contributed by atoms with Gasteiger partial charge in [0.05, 0.1) is 5.69 Å². The van der Waals surface area contributed by atoms with Crippen LogP contribution in [0.3, 0.4) is 0 Å². The summed E-state index contributed by atoms with van der Waals surface area (Å²) < 4.78 is 2.08. The standard InChI is InChI=1S/C14H23N3/c1-3-11-8-13(17(2)16-11)9-14(6-7-14)10-15-12-4-5-12/h8,12,15H,3-7,9-10H2,1-2H3. The summed E-state index contributed by atoms with van der Waals surface area (Å²) in [6, 6.07) is 3.13. The minimum Gasteiger partial charge on any atom is -0.313 e. The van der Waals surface area contributed by atoms with Gasteiger partial charge < -0.3 is 5.32 Å². The molecule has 0 amide bonds. The lowest BCUT2D eigenvalue weighted by atomic mass is 9.99. The fourth-order valence-electron chi connectivity index (χ4n) is 2.54. The van der Waals surface area contributed by atoms with Crippen molar-refractivity contribution in [1.29, 1.82) is 0 Å². The average molecular weight is 233 g/mol. The minimum absolute atomic E-state index is 0.557. The van der Waals surface area contributed by atoms with Crippen molar-refractivity contribution in [3.8, 4) is 0 Å². The van der Waals surface area contributed by atoms with Crippen molar-refractivity contribution in [3.05, 3.63) is 17.5 Å². The van der Waals surface area contributed by atoms with E-state index in [9.17, 15) is 0 Å². The third kappa shape index (κ3) is 2.54. The quantitative estimate of drug-likeness (QED) is 0.815. The molecule has 1 aromatic heterocycles. The number of aromatic nitrogens is 2. The van der Waals surface area contributed by atoms with E-state index in [2.05, 4.69) is 35.1 Å². The first-order chi connectivity index (χ1) is 8.21. The van der Waals surface area contributed by atoms with Gasteiger partial charge in [0, 0.05) is 25.3 Å². The Morgan fingerprint density at radius 1 is 1.47 bits per heavy atom. The van der Waals surface area contributed by atoms with E-state index in [1.54, 1.807) is 0 Å². The molecule has 0 aromatic carbocycles. The summed E-state index contributed by atoms with van der Waals surface area (Å²) in [4.78, 5) is 0. The smallest absolute Gasteiger partial charge is 0.0624 e. The van der Waals surface area contributed by atoms with Crippen LogP contribution >= 0.6 is 0 Å². The fourth-order valence-corrected chi connectivity index (χ4v) is 2.54. The van der Waals surface area contributed by atoms with Crippen LogP contribution in [0.25, 0.3) is 0 Å². The highest BCUT2D eigenvalue weighted by Crippen LogP contribution is 2.48. The predicted octanol–water partition coefficient (Wildman–Crippen LogP) is 2.06. The maximum absolute atomic E-state index is 4.54. The first-order valence-electron chi connectivity index (χ1n) is 6.96. The minimum atomic E-state index is 0.557. The molecule has 3 heteroatoms. The van der Waals surface area contributed by atoms with Gasteiger partial charge in [-0.1, -0.05) is 6.92 Å². The number of rotatable bonds is 6. The average Bonchev–Trinajstić information content (AvgIpc) is 3.20. The van der Waals surface area contributed by atoms with E-state index in [1.165, 1.54) is 50.0 Å². The Labute approximate surface area is 104 Å². The second-order valence-electron chi connectivity index (χ2n) is 5.94. The molecular weight excluding hydrogens is 210 g/mol. The van der Waals surface area contributed by atoms with Gasteiger partial charge in [0.2, 0.25) is 0 Å². The zero-order valence-electron chi connectivity index (χ0n) is 11.0. The van der Waals surface area contributed by atoms with Crippen molar-refractivity contribution in [2.75, 3.05) is 6.54 Å². The number of aryl methyl sites for hydroxylation is 2. The van der Waals surface area contributed by atoms with Gasteiger partial charge in [0.1, 0.15) is 0 Å². The van der Waals surface area contributed by atoms with Crippen LogP contribution in [0.1, 0.15) is 44.0 Å². The van der Waals surface area contributed by atoms with Gasteiger partial charge >= 0.3 is 0 Å². The van der Waals surface area contributed by atoms with Crippen LogP contribution < -0.4 is 5.32 Å². The molecule has 1 heterocycles. The lowest BCUT2D eigenvalue weighted by Crippen LogP contribution is -2.27. The molecule has 94 valence electrons. The third-order valence-electron chi connectivity index (χ3n) is 4.25. The Hall–Kier alpha value is -0.830. The molecule has 0 unspecified atom stereocenters. The number of nitrogens with one attached hydrogen (secondary N) is 1. The SMILES string of the molecule is CCc1cc(CC2(CNC3CC3)CC2)n(C)n1. The van der Waals surface area contributed by atoms with Gasteiger partial charge in [0.25, 0.3) is 0 Å². The highest BCUT2D eigenvalue weighted by Gasteiger charge is 2.43. The van der Waals surface area contributed by atoms with E-state index in [-0.39, 0.29) is 0 Å². The Kier molecular flexibility index (Phi) is 2.74. The van der Waals surface area contributed by atoms with Crippen molar-refractivity contribution in [1.82, 2.24) is 15.1 Å². The molecule has 2 aliphatic carbocycles. The zero-order valence-corrected chi connectivity index (χ0v) is 11.0. The Balaban J connectivity index is 1.62. The highest BCUT2D eigenvalue weighted by molar-refractivity contribution is 5.15. The van der Waals surface area contributed by atoms with Crippen molar-refractivity contribution >= 4 is 0 Å². The fraction of sp³-hybridized carbons (Fsp3) is 0.786. The predicted molar refractivity (Wildman–Crippen MR) is 69.0 cm³/mol. The molecule has 0 saturated heterocycles. The summed E-state index contributed by atoms with van der Waals surface area (Å²) >= 11 is 0. The molecular formula is C14H23N3. The van der Waals surface area contributed by atoms with Gasteiger partial charge in [-0.3, -0.25) is 4.68 Å². The molecule has 2 saturated carbocycles. The summed E-state index contributed by atoms with van der Waals surface area (Å²) in [5, 5.41) is 8.24. The molecule has 0 atom stereocenters. The van der Waals surface area contributed by atoms with Crippen LogP contribution in [0.2, 0.25) is 0 Å². The molecule has 0 spiro atoms. The molecule has 0 aliphatic heterocycles. The number of hydrogen-bond donors (Lipinski definition) is 1. The van der Waals surface area contributed by atoms with Crippen LogP contribution in [0.15, 0.2) is 6.07 Å². The molecule has 0 radical (unpaired) electrons. The normalized spacial score (nSPS) is 21.8. The van der Waals surface area contributed by atoms with Crippen molar-refractivity contribution in [3.63, 3.8) is 0 Å².